The molecule has 48 valence electrons. The lowest BCUT2D eigenvalue weighted by atomic mass is 10.3. The fourth-order valence-corrected chi connectivity index (χ4v) is 0.123. The maximum atomic E-state index is 9.86. The summed E-state index contributed by atoms with van der Waals surface area (Å²) in [4.78, 5) is 9.86. The Morgan fingerprint density at radius 1 is 1.62 bits per heavy atom. The van der Waals surface area contributed by atoms with E-state index in [4.69, 9.17) is 5.11 Å². The summed E-state index contributed by atoms with van der Waals surface area (Å²) >= 11 is 0. The molecule has 0 saturated heterocycles. The van der Waals surface area contributed by atoms with E-state index in [1.54, 1.807) is 19.9 Å². The van der Waals surface area contributed by atoms with E-state index < -0.39 is 5.97 Å². The molecule has 3 heteroatoms. The first-order valence-electron chi connectivity index (χ1n) is 2.04. The van der Waals surface area contributed by atoms with Gasteiger partial charge in [-0.05, 0) is 13.8 Å². The smallest absolute Gasteiger partial charge is 0.330 e. The SMILES string of the molecule is CC=C(C)C(=O)O.N. The number of hydrogen-bond donors (Lipinski definition) is 2. The highest BCUT2D eigenvalue weighted by atomic mass is 16.4. The Morgan fingerprint density at radius 3 is 2.00 bits per heavy atom. The first-order valence-corrected chi connectivity index (χ1v) is 2.04. The zero-order valence-electron chi connectivity index (χ0n) is 5.14. The number of carboxylic acids is 1. The van der Waals surface area contributed by atoms with Crippen LogP contribution in [-0.4, -0.2) is 11.1 Å². The van der Waals surface area contributed by atoms with E-state index >= 15 is 0 Å². The molecule has 0 rings (SSSR count). The Labute approximate surface area is 48.6 Å². The molecule has 0 saturated carbocycles. The molecule has 0 aliphatic rings. The van der Waals surface area contributed by atoms with Crippen LogP contribution in [-0.2, 0) is 4.79 Å². The number of aliphatic carboxylic acids is 1. The van der Waals surface area contributed by atoms with E-state index in [2.05, 4.69) is 0 Å². The van der Waals surface area contributed by atoms with Crippen molar-refractivity contribution in [1.29, 1.82) is 0 Å². The molecule has 0 fully saturated rings. The van der Waals surface area contributed by atoms with Crippen molar-refractivity contribution in [3.05, 3.63) is 11.6 Å². The van der Waals surface area contributed by atoms with Crippen LogP contribution in [0.1, 0.15) is 13.8 Å². The lowest BCUT2D eigenvalue weighted by molar-refractivity contribution is -0.132. The summed E-state index contributed by atoms with van der Waals surface area (Å²) in [7, 11) is 0. The van der Waals surface area contributed by atoms with E-state index in [9.17, 15) is 4.79 Å². The van der Waals surface area contributed by atoms with Gasteiger partial charge >= 0.3 is 5.97 Å². The van der Waals surface area contributed by atoms with Gasteiger partial charge in [0.2, 0.25) is 0 Å². The quantitative estimate of drug-likeness (QED) is 0.507. The van der Waals surface area contributed by atoms with Crippen molar-refractivity contribution in [3.8, 4) is 0 Å². The average molecular weight is 117 g/mol. The van der Waals surface area contributed by atoms with Gasteiger partial charge in [0.15, 0.2) is 0 Å². The van der Waals surface area contributed by atoms with Crippen LogP contribution in [0.25, 0.3) is 0 Å². The maximum Gasteiger partial charge on any atom is 0.330 e. The van der Waals surface area contributed by atoms with E-state index in [-0.39, 0.29) is 6.15 Å². The average Bonchev–Trinajstić information content (AvgIpc) is 1.65. The maximum absolute atomic E-state index is 9.86. The molecule has 4 N–H and O–H groups in total. The number of carboxylic acid groups (broad SMARTS) is 1. The van der Waals surface area contributed by atoms with Gasteiger partial charge in [-0.15, -0.1) is 0 Å². The van der Waals surface area contributed by atoms with Crippen LogP contribution in [0.5, 0.6) is 0 Å². The van der Waals surface area contributed by atoms with Crippen molar-refractivity contribution in [2.45, 2.75) is 13.8 Å². The van der Waals surface area contributed by atoms with Gasteiger partial charge in [-0.3, -0.25) is 0 Å². The van der Waals surface area contributed by atoms with Gasteiger partial charge in [0.1, 0.15) is 0 Å². The zero-order valence-corrected chi connectivity index (χ0v) is 5.14. The zero-order chi connectivity index (χ0) is 5.86. The van der Waals surface area contributed by atoms with Crippen LogP contribution in [0.4, 0.5) is 0 Å². The lowest BCUT2D eigenvalue weighted by Crippen LogP contribution is -1.93. The molecule has 0 heterocycles. The molecule has 8 heavy (non-hydrogen) atoms. The Bertz CT molecular complexity index is 107. The number of hydrogen-bond acceptors (Lipinski definition) is 2. The standard InChI is InChI=1S/C5H8O2.H3N/c1-3-4(2)5(6)7;/h3H,1-2H3,(H,6,7);1H3. The molecule has 0 aromatic carbocycles. The van der Waals surface area contributed by atoms with Crippen molar-refractivity contribution < 1.29 is 9.90 Å². The second kappa shape index (κ2) is 4.33. The van der Waals surface area contributed by atoms with Gasteiger partial charge in [0.25, 0.3) is 0 Å². The Hall–Kier alpha value is -0.830. The van der Waals surface area contributed by atoms with Crippen molar-refractivity contribution >= 4 is 5.97 Å². The van der Waals surface area contributed by atoms with Gasteiger partial charge in [0.05, 0.1) is 0 Å². The predicted molar refractivity (Wildman–Crippen MR) is 32.1 cm³/mol. The topological polar surface area (TPSA) is 72.3 Å². The largest absolute Gasteiger partial charge is 0.478 e. The molecule has 0 radical (unpaired) electrons. The molecule has 0 unspecified atom stereocenters. The number of allylic oxidation sites excluding steroid dienone is 1. The van der Waals surface area contributed by atoms with Crippen molar-refractivity contribution in [3.63, 3.8) is 0 Å². The number of rotatable bonds is 1. The van der Waals surface area contributed by atoms with Crippen LogP contribution < -0.4 is 6.15 Å². The van der Waals surface area contributed by atoms with Crippen LogP contribution in [0.3, 0.4) is 0 Å². The summed E-state index contributed by atoms with van der Waals surface area (Å²) in [6.07, 6.45) is 1.56. The fourth-order valence-electron chi connectivity index (χ4n) is 0.123. The molecule has 3 nitrogen and oxygen atoms in total. The third-order valence-electron chi connectivity index (χ3n) is 0.770. The highest BCUT2D eigenvalue weighted by Gasteiger charge is 1.93. The molecule has 0 aliphatic heterocycles. The summed E-state index contributed by atoms with van der Waals surface area (Å²) in [6.45, 7) is 3.26. The van der Waals surface area contributed by atoms with E-state index in [0.29, 0.717) is 5.57 Å². The van der Waals surface area contributed by atoms with E-state index in [1.807, 2.05) is 0 Å². The summed E-state index contributed by atoms with van der Waals surface area (Å²) in [5.41, 5.74) is 0.389. The van der Waals surface area contributed by atoms with Crippen molar-refractivity contribution in [1.82, 2.24) is 6.15 Å². The molecule has 0 atom stereocenters. The first-order chi connectivity index (χ1) is 3.18. The van der Waals surface area contributed by atoms with Crippen LogP contribution >= 0.6 is 0 Å². The molecule has 0 aromatic rings. The molecule has 0 amide bonds. The van der Waals surface area contributed by atoms with Crippen molar-refractivity contribution in [2.24, 2.45) is 0 Å². The molecule has 0 spiro atoms. The molecular formula is C5H11NO2. The summed E-state index contributed by atoms with van der Waals surface area (Å²) in [5, 5.41) is 8.11. The van der Waals surface area contributed by atoms with Gasteiger partial charge in [0, 0.05) is 5.57 Å². The molecule has 0 aromatic heterocycles. The minimum Gasteiger partial charge on any atom is -0.478 e. The lowest BCUT2D eigenvalue weighted by Gasteiger charge is -1.84. The minimum absolute atomic E-state index is 0. The Kier molecular flexibility index (Phi) is 5.53. The van der Waals surface area contributed by atoms with Gasteiger partial charge < -0.3 is 11.3 Å². The van der Waals surface area contributed by atoms with Crippen LogP contribution in [0.2, 0.25) is 0 Å². The normalized spacial score (nSPS) is 10.0. The second-order valence-corrected chi connectivity index (χ2v) is 1.28. The third-order valence-corrected chi connectivity index (χ3v) is 0.770. The van der Waals surface area contributed by atoms with Crippen LogP contribution in [0.15, 0.2) is 11.6 Å². The molecule has 0 bridgehead atoms. The van der Waals surface area contributed by atoms with E-state index in [1.165, 1.54) is 0 Å². The van der Waals surface area contributed by atoms with Crippen LogP contribution in [0, 0.1) is 0 Å². The third kappa shape index (κ3) is 3.36. The highest BCUT2D eigenvalue weighted by Crippen LogP contribution is 1.87. The van der Waals surface area contributed by atoms with E-state index in [0.717, 1.165) is 0 Å². The van der Waals surface area contributed by atoms with Crippen molar-refractivity contribution in [2.75, 3.05) is 0 Å². The summed E-state index contributed by atoms with van der Waals surface area (Å²) < 4.78 is 0. The number of carbonyl (C=O) groups is 1. The fraction of sp³-hybridized carbons (Fsp3) is 0.400. The highest BCUT2D eigenvalue weighted by molar-refractivity contribution is 5.85. The van der Waals surface area contributed by atoms with Gasteiger partial charge in [-0.2, -0.15) is 0 Å². The summed E-state index contributed by atoms with van der Waals surface area (Å²) in [6, 6.07) is 0. The Balaban J connectivity index is 0. The van der Waals surface area contributed by atoms with Gasteiger partial charge in [-0.1, -0.05) is 6.08 Å². The Morgan fingerprint density at radius 2 is 2.00 bits per heavy atom. The predicted octanol–water partition coefficient (Wildman–Crippen LogP) is 1.20. The second-order valence-electron chi connectivity index (χ2n) is 1.28. The monoisotopic (exact) mass is 117 g/mol. The molecular weight excluding hydrogens is 106 g/mol. The van der Waals surface area contributed by atoms with Gasteiger partial charge in [-0.25, -0.2) is 4.79 Å². The first kappa shape index (κ1) is 10.2. The molecule has 0 aliphatic carbocycles. The minimum atomic E-state index is -0.845. The summed E-state index contributed by atoms with van der Waals surface area (Å²) in [5.74, 6) is -0.845.